The maximum absolute atomic E-state index is 11.5. The average Bonchev–Trinajstić information content (AvgIpc) is 2.29. The van der Waals surface area contributed by atoms with Gasteiger partial charge in [0.25, 0.3) is 0 Å². The van der Waals surface area contributed by atoms with Gasteiger partial charge in [0.05, 0.1) is 13.2 Å². The fraction of sp³-hybridized carbons (Fsp3) is 0.385. The molecule has 18 heavy (non-hydrogen) atoms. The van der Waals surface area contributed by atoms with E-state index in [1.54, 1.807) is 31.2 Å². The first-order chi connectivity index (χ1) is 8.65. The summed E-state index contributed by atoms with van der Waals surface area (Å²) in [5, 5.41) is 2.61. The zero-order valence-corrected chi connectivity index (χ0v) is 10.6. The van der Waals surface area contributed by atoms with Gasteiger partial charge >= 0.3 is 5.97 Å². The van der Waals surface area contributed by atoms with Crippen molar-refractivity contribution < 1.29 is 19.1 Å². The van der Waals surface area contributed by atoms with Gasteiger partial charge in [0.2, 0.25) is 5.91 Å². The lowest BCUT2D eigenvalue weighted by Crippen LogP contribution is -2.18. The molecular weight excluding hydrogens is 234 g/mol. The van der Waals surface area contributed by atoms with Crippen molar-refractivity contribution in [3.05, 3.63) is 24.3 Å². The van der Waals surface area contributed by atoms with Gasteiger partial charge in [0.15, 0.2) is 0 Å². The first-order valence-electron chi connectivity index (χ1n) is 5.84. The SMILES string of the molecule is CCOC(=O)CC(=O)Nc1cccc(OCC)c1. The second-order valence-electron chi connectivity index (χ2n) is 3.49. The molecule has 1 amide bonds. The molecule has 1 N–H and O–H groups in total. The number of carbonyl (C=O) groups is 2. The number of esters is 1. The molecule has 0 bridgehead atoms. The number of hydrogen-bond donors (Lipinski definition) is 1. The minimum absolute atomic E-state index is 0.270. The number of carbonyl (C=O) groups excluding carboxylic acids is 2. The molecule has 0 fully saturated rings. The first-order valence-corrected chi connectivity index (χ1v) is 5.84. The summed E-state index contributed by atoms with van der Waals surface area (Å²) in [6, 6.07) is 6.99. The van der Waals surface area contributed by atoms with Gasteiger partial charge in [0, 0.05) is 11.8 Å². The van der Waals surface area contributed by atoms with E-state index in [1.807, 2.05) is 6.92 Å². The molecule has 0 atom stereocenters. The third-order valence-electron chi connectivity index (χ3n) is 2.04. The van der Waals surface area contributed by atoms with Crippen LogP contribution in [0, 0.1) is 0 Å². The van der Waals surface area contributed by atoms with Crippen LogP contribution < -0.4 is 10.1 Å². The Morgan fingerprint density at radius 2 is 2.00 bits per heavy atom. The predicted molar refractivity (Wildman–Crippen MR) is 67.5 cm³/mol. The Morgan fingerprint density at radius 3 is 2.67 bits per heavy atom. The molecule has 1 rings (SSSR count). The molecule has 0 radical (unpaired) electrons. The number of anilines is 1. The van der Waals surface area contributed by atoms with Crippen molar-refractivity contribution in [2.24, 2.45) is 0 Å². The normalized spacial score (nSPS) is 9.67. The van der Waals surface area contributed by atoms with Gasteiger partial charge in [-0.05, 0) is 26.0 Å². The molecule has 98 valence electrons. The average molecular weight is 251 g/mol. The summed E-state index contributed by atoms with van der Waals surface area (Å²) in [6.45, 7) is 4.40. The standard InChI is InChI=1S/C13H17NO4/c1-3-17-11-7-5-6-10(8-11)14-12(15)9-13(16)18-4-2/h5-8H,3-4,9H2,1-2H3,(H,14,15). The topological polar surface area (TPSA) is 64.6 Å². The summed E-state index contributed by atoms with van der Waals surface area (Å²) >= 11 is 0. The largest absolute Gasteiger partial charge is 0.494 e. The molecule has 0 saturated carbocycles. The van der Waals surface area contributed by atoms with Crippen molar-refractivity contribution in [1.82, 2.24) is 0 Å². The van der Waals surface area contributed by atoms with Crippen LogP contribution in [0.4, 0.5) is 5.69 Å². The van der Waals surface area contributed by atoms with E-state index in [9.17, 15) is 9.59 Å². The molecule has 1 aromatic carbocycles. The van der Waals surface area contributed by atoms with E-state index in [0.29, 0.717) is 18.0 Å². The highest BCUT2D eigenvalue weighted by Gasteiger charge is 2.10. The van der Waals surface area contributed by atoms with E-state index in [2.05, 4.69) is 10.1 Å². The van der Waals surface area contributed by atoms with Crippen LogP contribution in [-0.4, -0.2) is 25.1 Å². The van der Waals surface area contributed by atoms with Gasteiger partial charge in [-0.3, -0.25) is 9.59 Å². The number of benzene rings is 1. The van der Waals surface area contributed by atoms with Crippen molar-refractivity contribution in [2.45, 2.75) is 20.3 Å². The number of rotatable bonds is 6. The minimum Gasteiger partial charge on any atom is -0.494 e. The maximum atomic E-state index is 11.5. The molecule has 0 aliphatic carbocycles. The zero-order chi connectivity index (χ0) is 13.4. The van der Waals surface area contributed by atoms with Crippen LogP contribution in [0.15, 0.2) is 24.3 Å². The molecule has 0 aromatic heterocycles. The number of hydrogen-bond acceptors (Lipinski definition) is 4. The van der Waals surface area contributed by atoms with E-state index in [-0.39, 0.29) is 13.0 Å². The quantitative estimate of drug-likeness (QED) is 0.620. The Kier molecular flexibility index (Phi) is 5.70. The fourth-order valence-electron chi connectivity index (χ4n) is 1.38. The summed E-state index contributed by atoms with van der Waals surface area (Å²) < 4.78 is 9.99. The van der Waals surface area contributed by atoms with Crippen molar-refractivity contribution >= 4 is 17.6 Å². The number of nitrogens with one attached hydrogen (secondary N) is 1. The highest BCUT2D eigenvalue weighted by molar-refractivity contribution is 6.01. The Labute approximate surface area is 106 Å². The maximum Gasteiger partial charge on any atom is 0.315 e. The third-order valence-corrected chi connectivity index (χ3v) is 2.04. The van der Waals surface area contributed by atoms with Crippen molar-refractivity contribution in [1.29, 1.82) is 0 Å². The Morgan fingerprint density at radius 1 is 1.22 bits per heavy atom. The Hall–Kier alpha value is -2.04. The van der Waals surface area contributed by atoms with Crippen LogP contribution in [0.25, 0.3) is 0 Å². The fourth-order valence-corrected chi connectivity index (χ4v) is 1.38. The molecule has 0 saturated heterocycles. The van der Waals surface area contributed by atoms with E-state index < -0.39 is 11.9 Å². The Balaban J connectivity index is 2.53. The van der Waals surface area contributed by atoms with E-state index >= 15 is 0 Å². The molecule has 0 heterocycles. The molecule has 0 unspecified atom stereocenters. The second kappa shape index (κ2) is 7.32. The molecule has 1 aromatic rings. The van der Waals surface area contributed by atoms with E-state index in [1.165, 1.54) is 0 Å². The van der Waals surface area contributed by atoms with Gasteiger partial charge in [-0.2, -0.15) is 0 Å². The van der Waals surface area contributed by atoms with E-state index in [4.69, 9.17) is 4.74 Å². The van der Waals surface area contributed by atoms with Gasteiger partial charge in [-0.15, -0.1) is 0 Å². The second-order valence-corrected chi connectivity index (χ2v) is 3.49. The molecule has 5 nitrogen and oxygen atoms in total. The molecular formula is C13H17NO4. The zero-order valence-electron chi connectivity index (χ0n) is 10.6. The van der Waals surface area contributed by atoms with Crippen LogP contribution in [0.3, 0.4) is 0 Å². The predicted octanol–water partition coefficient (Wildman–Crippen LogP) is 1.98. The summed E-state index contributed by atoms with van der Waals surface area (Å²) in [4.78, 5) is 22.6. The lowest BCUT2D eigenvalue weighted by molar-refractivity contribution is -0.145. The number of ether oxygens (including phenoxy) is 2. The van der Waals surface area contributed by atoms with Crippen LogP contribution in [-0.2, 0) is 14.3 Å². The molecule has 0 aliphatic rings. The third kappa shape index (κ3) is 4.86. The lowest BCUT2D eigenvalue weighted by atomic mass is 10.3. The Bertz CT molecular complexity index is 417. The first kappa shape index (κ1) is 14.0. The van der Waals surface area contributed by atoms with Gasteiger partial charge in [-0.25, -0.2) is 0 Å². The van der Waals surface area contributed by atoms with Crippen molar-refractivity contribution in [2.75, 3.05) is 18.5 Å². The lowest BCUT2D eigenvalue weighted by Gasteiger charge is -2.07. The van der Waals surface area contributed by atoms with Crippen LogP contribution in [0.5, 0.6) is 5.75 Å². The summed E-state index contributed by atoms with van der Waals surface area (Å²) in [6.07, 6.45) is -0.285. The smallest absolute Gasteiger partial charge is 0.315 e. The van der Waals surface area contributed by atoms with Crippen LogP contribution in [0.2, 0.25) is 0 Å². The van der Waals surface area contributed by atoms with Gasteiger partial charge in [0.1, 0.15) is 12.2 Å². The van der Waals surface area contributed by atoms with Gasteiger partial charge < -0.3 is 14.8 Å². The van der Waals surface area contributed by atoms with Crippen LogP contribution >= 0.6 is 0 Å². The molecule has 5 heteroatoms. The summed E-state index contributed by atoms with van der Waals surface area (Å²) in [5.74, 6) is -0.260. The van der Waals surface area contributed by atoms with Crippen LogP contribution in [0.1, 0.15) is 20.3 Å². The highest BCUT2D eigenvalue weighted by atomic mass is 16.5. The minimum atomic E-state index is -0.532. The molecule has 0 aliphatic heterocycles. The highest BCUT2D eigenvalue weighted by Crippen LogP contribution is 2.17. The van der Waals surface area contributed by atoms with E-state index in [0.717, 1.165) is 0 Å². The summed E-state index contributed by atoms with van der Waals surface area (Å²) in [5.41, 5.74) is 0.593. The summed E-state index contributed by atoms with van der Waals surface area (Å²) in [7, 11) is 0. The van der Waals surface area contributed by atoms with Crippen molar-refractivity contribution in [3.63, 3.8) is 0 Å². The molecule has 0 spiro atoms. The van der Waals surface area contributed by atoms with Gasteiger partial charge in [-0.1, -0.05) is 6.07 Å². The van der Waals surface area contributed by atoms with Crippen molar-refractivity contribution in [3.8, 4) is 5.75 Å². The monoisotopic (exact) mass is 251 g/mol. The number of amides is 1.